The SMILES string of the molecule is Cc1ccc(C)c(Nc2nc(C)cc(C(=O)Nc3ccc(Cl)cc3)n2)c1. The normalized spacial score (nSPS) is 10.5. The third-order valence-electron chi connectivity index (χ3n) is 3.83. The van der Waals surface area contributed by atoms with E-state index in [-0.39, 0.29) is 5.91 Å². The number of aromatic nitrogens is 2. The van der Waals surface area contributed by atoms with Crippen LogP contribution in [0.25, 0.3) is 0 Å². The molecular weight excluding hydrogens is 348 g/mol. The number of anilines is 3. The van der Waals surface area contributed by atoms with Gasteiger partial charge in [0.25, 0.3) is 5.91 Å². The summed E-state index contributed by atoms with van der Waals surface area (Å²) in [4.78, 5) is 21.2. The van der Waals surface area contributed by atoms with Gasteiger partial charge in [-0.25, -0.2) is 9.97 Å². The summed E-state index contributed by atoms with van der Waals surface area (Å²) in [5.41, 5.74) is 4.77. The van der Waals surface area contributed by atoms with Crippen LogP contribution in [0.4, 0.5) is 17.3 Å². The molecule has 5 nitrogen and oxygen atoms in total. The van der Waals surface area contributed by atoms with Crippen molar-refractivity contribution in [2.45, 2.75) is 20.8 Å². The maximum Gasteiger partial charge on any atom is 0.274 e. The highest BCUT2D eigenvalue weighted by atomic mass is 35.5. The minimum Gasteiger partial charge on any atom is -0.324 e. The van der Waals surface area contributed by atoms with Gasteiger partial charge in [-0.15, -0.1) is 0 Å². The fourth-order valence-corrected chi connectivity index (χ4v) is 2.59. The number of nitrogens with zero attached hydrogens (tertiary/aromatic N) is 2. The number of nitrogens with one attached hydrogen (secondary N) is 2. The molecular formula is C20H19ClN4O. The first kappa shape index (κ1) is 17.9. The Kier molecular flexibility index (Phi) is 5.19. The Morgan fingerprint density at radius 2 is 1.69 bits per heavy atom. The molecule has 2 N–H and O–H groups in total. The molecule has 3 rings (SSSR count). The largest absolute Gasteiger partial charge is 0.324 e. The Morgan fingerprint density at radius 3 is 2.42 bits per heavy atom. The average Bonchev–Trinajstić information content (AvgIpc) is 2.59. The maximum absolute atomic E-state index is 12.5. The topological polar surface area (TPSA) is 66.9 Å². The van der Waals surface area contributed by atoms with E-state index in [1.54, 1.807) is 30.3 Å². The highest BCUT2D eigenvalue weighted by Gasteiger charge is 2.12. The number of halogens is 1. The second-order valence-electron chi connectivity index (χ2n) is 6.12. The predicted octanol–water partition coefficient (Wildman–Crippen LogP) is 5.05. The highest BCUT2D eigenvalue weighted by molar-refractivity contribution is 6.30. The van der Waals surface area contributed by atoms with Crippen molar-refractivity contribution < 1.29 is 4.79 Å². The van der Waals surface area contributed by atoms with E-state index < -0.39 is 0 Å². The first-order valence-electron chi connectivity index (χ1n) is 8.17. The van der Waals surface area contributed by atoms with Crippen molar-refractivity contribution in [1.82, 2.24) is 9.97 Å². The van der Waals surface area contributed by atoms with Crippen LogP contribution in [0.3, 0.4) is 0 Å². The molecule has 6 heteroatoms. The zero-order chi connectivity index (χ0) is 18.7. The van der Waals surface area contributed by atoms with Crippen LogP contribution in [-0.2, 0) is 0 Å². The van der Waals surface area contributed by atoms with Gasteiger partial charge >= 0.3 is 0 Å². The van der Waals surface area contributed by atoms with Gasteiger partial charge in [-0.3, -0.25) is 4.79 Å². The van der Waals surface area contributed by atoms with E-state index >= 15 is 0 Å². The van der Waals surface area contributed by atoms with Gasteiger partial charge in [-0.2, -0.15) is 0 Å². The average molecular weight is 367 g/mol. The van der Waals surface area contributed by atoms with Gasteiger partial charge in [-0.05, 0) is 68.3 Å². The molecule has 0 fully saturated rings. The van der Waals surface area contributed by atoms with Gasteiger partial charge in [-0.1, -0.05) is 23.7 Å². The standard InChI is InChI=1S/C20H19ClN4O/c1-12-4-5-13(2)17(10-12)24-20-22-14(3)11-18(25-20)19(26)23-16-8-6-15(21)7-9-16/h4-11H,1-3H3,(H,23,26)(H,22,24,25). The van der Waals surface area contributed by atoms with Crippen molar-refractivity contribution in [2.75, 3.05) is 10.6 Å². The van der Waals surface area contributed by atoms with Crippen LogP contribution in [0.5, 0.6) is 0 Å². The van der Waals surface area contributed by atoms with Gasteiger partial charge in [0.05, 0.1) is 0 Å². The number of rotatable bonds is 4. The number of carbonyl (C=O) groups excluding carboxylic acids is 1. The van der Waals surface area contributed by atoms with E-state index in [9.17, 15) is 4.79 Å². The minimum absolute atomic E-state index is 0.292. The fraction of sp³-hybridized carbons (Fsp3) is 0.150. The van der Waals surface area contributed by atoms with Gasteiger partial charge in [0.1, 0.15) is 5.69 Å². The van der Waals surface area contributed by atoms with Crippen LogP contribution in [0, 0.1) is 20.8 Å². The third-order valence-corrected chi connectivity index (χ3v) is 4.08. The summed E-state index contributed by atoms with van der Waals surface area (Å²) in [6.45, 7) is 5.85. The molecule has 0 saturated heterocycles. The number of carbonyl (C=O) groups is 1. The fourth-order valence-electron chi connectivity index (χ4n) is 2.46. The van der Waals surface area contributed by atoms with E-state index in [0.717, 1.165) is 16.8 Å². The molecule has 0 aliphatic heterocycles. The van der Waals surface area contributed by atoms with Crippen molar-refractivity contribution in [2.24, 2.45) is 0 Å². The molecule has 0 aliphatic carbocycles. The van der Waals surface area contributed by atoms with E-state index in [0.29, 0.717) is 28.0 Å². The second kappa shape index (κ2) is 7.54. The lowest BCUT2D eigenvalue weighted by Crippen LogP contribution is -2.15. The predicted molar refractivity (Wildman–Crippen MR) is 105 cm³/mol. The summed E-state index contributed by atoms with van der Waals surface area (Å²) in [5, 5.41) is 6.62. The molecule has 26 heavy (non-hydrogen) atoms. The van der Waals surface area contributed by atoms with E-state index in [1.165, 1.54) is 0 Å². The Bertz CT molecular complexity index is 955. The van der Waals surface area contributed by atoms with Crippen molar-refractivity contribution >= 4 is 34.8 Å². The highest BCUT2D eigenvalue weighted by Crippen LogP contribution is 2.20. The van der Waals surface area contributed by atoms with E-state index in [2.05, 4.69) is 20.6 Å². The van der Waals surface area contributed by atoms with Gasteiger partial charge in [0, 0.05) is 22.1 Å². The molecule has 0 saturated carbocycles. The zero-order valence-corrected chi connectivity index (χ0v) is 15.6. The molecule has 1 heterocycles. The van der Waals surface area contributed by atoms with Crippen LogP contribution < -0.4 is 10.6 Å². The Labute approximate surface area is 157 Å². The third kappa shape index (κ3) is 4.37. The van der Waals surface area contributed by atoms with Gasteiger partial charge in [0.2, 0.25) is 5.95 Å². The minimum atomic E-state index is -0.304. The second-order valence-corrected chi connectivity index (χ2v) is 6.56. The Morgan fingerprint density at radius 1 is 0.962 bits per heavy atom. The molecule has 3 aromatic rings. The molecule has 0 bridgehead atoms. The number of benzene rings is 2. The number of amides is 1. The van der Waals surface area contributed by atoms with Crippen LogP contribution in [0.1, 0.15) is 27.3 Å². The first-order chi connectivity index (χ1) is 12.4. The summed E-state index contributed by atoms with van der Waals surface area (Å²) in [6.07, 6.45) is 0. The quantitative estimate of drug-likeness (QED) is 0.678. The molecule has 132 valence electrons. The van der Waals surface area contributed by atoms with Gasteiger partial charge < -0.3 is 10.6 Å². The monoisotopic (exact) mass is 366 g/mol. The maximum atomic E-state index is 12.5. The molecule has 0 unspecified atom stereocenters. The smallest absolute Gasteiger partial charge is 0.274 e. The summed E-state index contributed by atoms with van der Waals surface area (Å²) in [7, 11) is 0. The van der Waals surface area contributed by atoms with Gasteiger partial charge in [0.15, 0.2) is 0 Å². The number of hydrogen-bond acceptors (Lipinski definition) is 4. The van der Waals surface area contributed by atoms with Crippen LogP contribution in [-0.4, -0.2) is 15.9 Å². The number of hydrogen-bond donors (Lipinski definition) is 2. The Hall–Kier alpha value is -2.92. The molecule has 0 spiro atoms. The lowest BCUT2D eigenvalue weighted by Gasteiger charge is -2.11. The first-order valence-corrected chi connectivity index (χ1v) is 8.55. The molecule has 2 aromatic carbocycles. The molecule has 0 radical (unpaired) electrons. The Balaban J connectivity index is 1.83. The molecule has 0 atom stereocenters. The van der Waals surface area contributed by atoms with Crippen molar-refractivity contribution in [1.29, 1.82) is 0 Å². The van der Waals surface area contributed by atoms with Crippen LogP contribution >= 0.6 is 11.6 Å². The summed E-state index contributed by atoms with van der Waals surface area (Å²) >= 11 is 5.87. The van der Waals surface area contributed by atoms with E-state index in [1.807, 2.05) is 39.0 Å². The van der Waals surface area contributed by atoms with E-state index in [4.69, 9.17) is 11.6 Å². The van der Waals surface area contributed by atoms with Crippen molar-refractivity contribution in [3.8, 4) is 0 Å². The summed E-state index contributed by atoms with van der Waals surface area (Å²) < 4.78 is 0. The lowest BCUT2D eigenvalue weighted by molar-refractivity contribution is 0.102. The lowest BCUT2D eigenvalue weighted by atomic mass is 10.1. The molecule has 0 aliphatic rings. The summed E-state index contributed by atoms with van der Waals surface area (Å²) in [5.74, 6) is 0.0850. The zero-order valence-electron chi connectivity index (χ0n) is 14.8. The van der Waals surface area contributed by atoms with Crippen molar-refractivity contribution in [3.05, 3.63) is 76.1 Å². The van der Waals surface area contributed by atoms with Crippen molar-refractivity contribution in [3.63, 3.8) is 0 Å². The van der Waals surface area contributed by atoms with Crippen LogP contribution in [0.15, 0.2) is 48.5 Å². The molecule has 1 amide bonds. The number of aryl methyl sites for hydroxylation is 3. The molecule has 1 aromatic heterocycles. The van der Waals surface area contributed by atoms with Crippen LogP contribution in [0.2, 0.25) is 5.02 Å². The summed E-state index contributed by atoms with van der Waals surface area (Å²) in [6, 6.07) is 14.7.